The number of rotatable bonds is 3. The Morgan fingerprint density at radius 1 is 1.57 bits per heavy atom. The Morgan fingerprint density at radius 2 is 2.43 bits per heavy atom. The minimum absolute atomic E-state index is 0.0635. The minimum atomic E-state index is 0.0635. The van der Waals surface area contributed by atoms with Crippen molar-refractivity contribution in [2.24, 2.45) is 0 Å². The molecule has 0 amide bonds. The van der Waals surface area contributed by atoms with Crippen LogP contribution in [-0.4, -0.2) is 33.4 Å². The van der Waals surface area contributed by atoms with Crippen LogP contribution in [0.3, 0.4) is 0 Å². The van der Waals surface area contributed by atoms with E-state index in [-0.39, 0.29) is 6.61 Å². The first-order valence-corrected chi connectivity index (χ1v) is 4.33. The van der Waals surface area contributed by atoms with Gasteiger partial charge in [-0.1, -0.05) is 0 Å². The maximum absolute atomic E-state index is 8.73. The number of aromatic nitrogens is 3. The van der Waals surface area contributed by atoms with E-state index < -0.39 is 0 Å². The van der Waals surface area contributed by atoms with Crippen molar-refractivity contribution in [2.45, 2.75) is 6.42 Å². The number of pyridine rings is 1. The van der Waals surface area contributed by atoms with Crippen LogP contribution in [-0.2, 0) is 6.42 Å². The molecule has 1 N–H and O–H groups in total. The van der Waals surface area contributed by atoms with Gasteiger partial charge in [0.15, 0.2) is 11.5 Å². The van der Waals surface area contributed by atoms with Crippen molar-refractivity contribution in [1.29, 1.82) is 0 Å². The molecule has 0 saturated heterocycles. The van der Waals surface area contributed by atoms with Gasteiger partial charge in [0.25, 0.3) is 0 Å². The van der Waals surface area contributed by atoms with Crippen LogP contribution in [0.1, 0.15) is 5.82 Å². The second-order valence-electron chi connectivity index (χ2n) is 2.87. The molecule has 0 unspecified atom stereocenters. The van der Waals surface area contributed by atoms with Gasteiger partial charge < -0.3 is 9.84 Å². The molecule has 74 valence electrons. The van der Waals surface area contributed by atoms with Crippen LogP contribution in [0.5, 0.6) is 5.75 Å². The molecule has 0 aliphatic rings. The van der Waals surface area contributed by atoms with Crippen molar-refractivity contribution in [1.82, 2.24) is 14.6 Å². The van der Waals surface area contributed by atoms with Gasteiger partial charge in [-0.15, -0.1) is 0 Å². The van der Waals surface area contributed by atoms with E-state index in [1.165, 1.54) is 0 Å². The van der Waals surface area contributed by atoms with Crippen LogP contribution in [0.15, 0.2) is 18.3 Å². The molecule has 0 radical (unpaired) electrons. The normalized spacial score (nSPS) is 10.7. The summed E-state index contributed by atoms with van der Waals surface area (Å²) in [5.74, 6) is 1.39. The van der Waals surface area contributed by atoms with Crippen LogP contribution >= 0.6 is 0 Å². The van der Waals surface area contributed by atoms with Crippen molar-refractivity contribution >= 4 is 5.65 Å². The fourth-order valence-corrected chi connectivity index (χ4v) is 1.24. The average Bonchev–Trinajstić information content (AvgIpc) is 2.59. The van der Waals surface area contributed by atoms with Crippen LogP contribution in [0, 0.1) is 0 Å². The highest BCUT2D eigenvalue weighted by molar-refractivity contribution is 5.43. The molecule has 0 atom stereocenters. The number of aliphatic hydroxyl groups excluding tert-OH is 1. The molecule has 5 heteroatoms. The Kier molecular flexibility index (Phi) is 2.32. The third-order valence-electron chi connectivity index (χ3n) is 1.92. The fourth-order valence-electron chi connectivity index (χ4n) is 1.24. The van der Waals surface area contributed by atoms with E-state index in [1.54, 1.807) is 23.9 Å². The maximum Gasteiger partial charge on any atom is 0.159 e. The molecule has 5 nitrogen and oxygen atoms in total. The second-order valence-corrected chi connectivity index (χ2v) is 2.87. The van der Waals surface area contributed by atoms with E-state index in [0.29, 0.717) is 12.2 Å². The number of hydrogen-bond donors (Lipinski definition) is 1. The first-order valence-electron chi connectivity index (χ1n) is 4.33. The van der Waals surface area contributed by atoms with Gasteiger partial charge in [0.05, 0.1) is 13.7 Å². The summed E-state index contributed by atoms with van der Waals surface area (Å²) in [5, 5.41) is 12.9. The lowest BCUT2D eigenvalue weighted by Gasteiger charge is -1.97. The van der Waals surface area contributed by atoms with Gasteiger partial charge in [0, 0.05) is 18.7 Å². The lowest BCUT2D eigenvalue weighted by molar-refractivity contribution is 0.296. The molecule has 0 fully saturated rings. The summed E-state index contributed by atoms with van der Waals surface area (Å²) < 4.78 is 6.72. The molecule has 0 aliphatic heterocycles. The summed E-state index contributed by atoms with van der Waals surface area (Å²) in [6, 6.07) is 3.61. The zero-order valence-corrected chi connectivity index (χ0v) is 7.84. The third kappa shape index (κ3) is 1.54. The Morgan fingerprint density at radius 3 is 3.14 bits per heavy atom. The summed E-state index contributed by atoms with van der Waals surface area (Å²) in [7, 11) is 1.61. The number of hydrogen-bond acceptors (Lipinski definition) is 4. The van der Waals surface area contributed by atoms with Gasteiger partial charge in [-0.05, 0) is 6.07 Å². The predicted molar refractivity (Wildman–Crippen MR) is 50.3 cm³/mol. The number of nitrogens with zero attached hydrogens (tertiary/aromatic N) is 3. The monoisotopic (exact) mass is 193 g/mol. The largest absolute Gasteiger partial charge is 0.497 e. The van der Waals surface area contributed by atoms with E-state index in [9.17, 15) is 0 Å². The molecule has 2 aromatic rings. The molecule has 0 aromatic carbocycles. The topological polar surface area (TPSA) is 59.7 Å². The zero-order valence-electron chi connectivity index (χ0n) is 7.84. The van der Waals surface area contributed by atoms with Gasteiger partial charge >= 0.3 is 0 Å². The van der Waals surface area contributed by atoms with Gasteiger partial charge in [0.1, 0.15) is 5.75 Å². The molecule has 2 rings (SSSR count). The van der Waals surface area contributed by atoms with Gasteiger partial charge in [-0.25, -0.2) is 9.50 Å². The molecule has 0 saturated carbocycles. The molecule has 0 aliphatic carbocycles. The van der Waals surface area contributed by atoms with Crippen LogP contribution in [0.4, 0.5) is 0 Å². The highest BCUT2D eigenvalue weighted by atomic mass is 16.5. The summed E-state index contributed by atoms with van der Waals surface area (Å²) in [4.78, 5) is 4.22. The van der Waals surface area contributed by atoms with Crippen LogP contribution in [0.2, 0.25) is 0 Å². The lowest BCUT2D eigenvalue weighted by Crippen LogP contribution is -1.93. The highest BCUT2D eigenvalue weighted by Gasteiger charge is 2.03. The van der Waals surface area contributed by atoms with Crippen LogP contribution < -0.4 is 4.74 Å². The first-order chi connectivity index (χ1) is 6.83. The summed E-state index contributed by atoms with van der Waals surface area (Å²) in [5.41, 5.74) is 0.729. The molecular formula is C9H11N3O2. The van der Waals surface area contributed by atoms with Gasteiger partial charge in [0.2, 0.25) is 0 Å². The van der Waals surface area contributed by atoms with Crippen molar-refractivity contribution in [2.75, 3.05) is 13.7 Å². The minimum Gasteiger partial charge on any atom is -0.497 e. The number of methoxy groups -OCH3 is 1. The maximum atomic E-state index is 8.73. The Balaban J connectivity index is 2.43. The Labute approximate surface area is 81.0 Å². The summed E-state index contributed by atoms with van der Waals surface area (Å²) in [6.45, 7) is 0.0635. The second kappa shape index (κ2) is 3.63. The molecule has 14 heavy (non-hydrogen) atoms. The van der Waals surface area contributed by atoms with E-state index in [1.807, 2.05) is 6.07 Å². The van der Waals surface area contributed by atoms with Gasteiger partial charge in [-0.2, -0.15) is 5.10 Å². The van der Waals surface area contributed by atoms with Crippen molar-refractivity contribution in [3.05, 3.63) is 24.2 Å². The molecule has 2 heterocycles. The molecule has 0 bridgehead atoms. The smallest absolute Gasteiger partial charge is 0.159 e. The fraction of sp³-hybridized carbons (Fsp3) is 0.333. The Hall–Kier alpha value is -1.62. The van der Waals surface area contributed by atoms with E-state index in [2.05, 4.69) is 10.1 Å². The first kappa shape index (κ1) is 8.96. The molecule has 0 spiro atoms. The van der Waals surface area contributed by atoms with E-state index in [4.69, 9.17) is 9.84 Å². The molecular weight excluding hydrogens is 182 g/mol. The van der Waals surface area contributed by atoms with E-state index >= 15 is 0 Å². The number of fused-ring (bicyclic) bond motifs is 1. The summed E-state index contributed by atoms with van der Waals surface area (Å²) in [6.07, 6.45) is 2.26. The zero-order chi connectivity index (χ0) is 9.97. The number of aliphatic hydroxyl groups is 1. The van der Waals surface area contributed by atoms with Crippen LogP contribution in [0.25, 0.3) is 5.65 Å². The van der Waals surface area contributed by atoms with E-state index in [0.717, 1.165) is 11.4 Å². The third-order valence-corrected chi connectivity index (χ3v) is 1.92. The SMILES string of the molecule is COc1ccn2nc(CCO)nc2c1. The lowest BCUT2D eigenvalue weighted by atomic mass is 10.4. The standard InChI is InChI=1S/C9H11N3O2/c1-14-7-2-4-12-9(6-7)10-8(11-12)3-5-13/h2,4,6,13H,3,5H2,1H3. The highest BCUT2D eigenvalue weighted by Crippen LogP contribution is 2.12. The van der Waals surface area contributed by atoms with Crippen molar-refractivity contribution in [3.63, 3.8) is 0 Å². The van der Waals surface area contributed by atoms with Crippen molar-refractivity contribution in [3.8, 4) is 5.75 Å². The Bertz CT molecular complexity index is 439. The van der Waals surface area contributed by atoms with Crippen molar-refractivity contribution < 1.29 is 9.84 Å². The molecule has 2 aromatic heterocycles. The number of ether oxygens (including phenoxy) is 1. The average molecular weight is 193 g/mol. The predicted octanol–water partition coefficient (Wildman–Crippen LogP) is 0.273. The van der Waals surface area contributed by atoms with Gasteiger partial charge in [-0.3, -0.25) is 0 Å². The summed E-state index contributed by atoms with van der Waals surface area (Å²) >= 11 is 0. The quantitative estimate of drug-likeness (QED) is 0.760.